The average Bonchev–Trinajstić information content (AvgIpc) is 2.90. The average molecular weight is 307 g/mol. The van der Waals surface area contributed by atoms with E-state index in [1.807, 2.05) is 0 Å². The first-order chi connectivity index (χ1) is 10.1. The zero-order valence-corrected chi connectivity index (χ0v) is 15.1. The lowest BCUT2D eigenvalue weighted by Gasteiger charge is -2.42. The summed E-state index contributed by atoms with van der Waals surface area (Å²) in [5, 5.41) is 7.58. The number of nitrogens with zero attached hydrogens (tertiary/aromatic N) is 1. The highest BCUT2D eigenvalue weighted by atomic mass is 16.1. The van der Waals surface area contributed by atoms with E-state index in [0.29, 0.717) is 30.0 Å². The van der Waals surface area contributed by atoms with Gasteiger partial charge in [-0.1, -0.05) is 20.8 Å². The van der Waals surface area contributed by atoms with Gasteiger partial charge in [-0.05, 0) is 46.6 Å². The second-order valence-corrected chi connectivity index (χ2v) is 9.45. The maximum absolute atomic E-state index is 13.0. The van der Waals surface area contributed by atoms with E-state index >= 15 is 0 Å². The van der Waals surface area contributed by atoms with Crippen LogP contribution in [0.3, 0.4) is 0 Å². The number of fused-ring (bicyclic) bond motifs is 3. The highest BCUT2D eigenvalue weighted by Gasteiger charge is 2.57. The molecule has 5 unspecified atom stereocenters. The maximum atomic E-state index is 13.0. The molecule has 3 rings (SSSR count). The molecule has 0 aromatic rings. The fourth-order valence-electron chi connectivity index (χ4n) is 4.83. The van der Waals surface area contributed by atoms with Crippen molar-refractivity contribution < 1.29 is 4.79 Å². The van der Waals surface area contributed by atoms with Crippen LogP contribution in [0.2, 0.25) is 0 Å². The molecule has 3 saturated heterocycles. The highest BCUT2D eigenvalue weighted by Crippen LogP contribution is 2.44. The van der Waals surface area contributed by atoms with Crippen LogP contribution in [0.15, 0.2) is 0 Å². The first kappa shape index (κ1) is 16.4. The zero-order chi connectivity index (χ0) is 16.3. The molecule has 0 bridgehead atoms. The Labute approximate surface area is 135 Å². The van der Waals surface area contributed by atoms with Crippen LogP contribution in [0.4, 0.5) is 0 Å². The molecule has 4 heteroatoms. The first-order valence-corrected chi connectivity index (χ1v) is 8.93. The van der Waals surface area contributed by atoms with Crippen LogP contribution in [-0.4, -0.2) is 47.1 Å². The summed E-state index contributed by atoms with van der Waals surface area (Å²) in [4.78, 5) is 15.5. The summed E-state index contributed by atoms with van der Waals surface area (Å²) >= 11 is 0. The van der Waals surface area contributed by atoms with Crippen LogP contribution in [0.25, 0.3) is 0 Å². The molecule has 4 nitrogen and oxygen atoms in total. The summed E-state index contributed by atoms with van der Waals surface area (Å²) in [6.07, 6.45) is 3.87. The lowest BCUT2D eigenvalue weighted by atomic mass is 9.82. The number of carbonyl (C=O) groups is 1. The van der Waals surface area contributed by atoms with Crippen molar-refractivity contribution in [3.05, 3.63) is 0 Å². The molecule has 0 aliphatic carbocycles. The molecule has 0 spiro atoms. The first-order valence-electron chi connectivity index (χ1n) is 8.93. The summed E-state index contributed by atoms with van der Waals surface area (Å²) < 4.78 is 0. The number of likely N-dealkylation sites (tertiary alicyclic amines) is 1. The summed E-state index contributed by atoms with van der Waals surface area (Å²) in [7, 11) is 0. The molecule has 3 heterocycles. The quantitative estimate of drug-likeness (QED) is 0.779. The van der Waals surface area contributed by atoms with Gasteiger partial charge in [-0.2, -0.15) is 0 Å². The number of ketones is 1. The van der Waals surface area contributed by atoms with E-state index in [0.717, 1.165) is 13.0 Å². The van der Waals surface area contributed by atoms with Crippen LogP contribution in [-0.2, 0) is 4.79 Å². The van der Waals surface area contributed by atoms with Gasteiger partial charge in [0.1, 0.15) is 0 Å². The normalized spacial score (nSPS) is 39.6. The molecule has 0 amide bonds. The van der Waals surface area contributed by atoms with E-state index in [2.05, 4.69) is 57.1 Å². The molecule has 3 aliphatic rings. The summed E-state index contributed by atoms with van der Waals surface area (Å²) in [5.74, 6) is 0.951. The van der Waals surface area contributed by atoms with Crippen molar-refractivity contribution in [2.24, 2.45) is 11.3 Å². The van der Waals surface area contributed by atoms with Gasteiger partial charge in [0.25, 0.3) is 0 Å². The Bertz CT molecular complexity index is 448. The molecule has 22 heavy (non-hydrogen) atoms. The minimum atomic E-state index is -0.272. The number of piperidine rings is 1. The van der Waals surface area contributed by atoms with E-state index in [4.69, 9.17) is 0 Å². The van der Waals surface area contributed by atoms with Gasteiger partial charge in [0.2, 0.25) is 0 Å². The second kappa shape index (κ2) is 5.29. The van der Waals surface area contributed by atoms with Gasteiger partial charge < -0.3 is 5.32 Å². The van der Waals surface area contributed by atoms with Crippen LogP contribution in [0.1, 0.15) is 60.8 Å². The van der Waals surface area contributed by atoms with E-state index < -0.39 is 0 Å². The van der Waals surface area contributed by atoms with Gasteiger partial charge in [0.15, 0.2) is 5.78 Å². The molecule has 0 aromatic heterocycles. The van der Waals surface area contributed by atoms with Gasteiger partial charge in [-0.25, -0.2) is 0 Å². The van der Waals surface area contributed by atoms with Crippen LogP contribution < -0.4 is 10.6 Å². The molecule has 126 valence electrons. The molecule has 0 radical (unpaired) electrons. The maximum Gasteiger partial charge on any atom is 0.155 e. The fraction of sp³-hybridized carbons (Fsp3) is 0.944. The van der Waals surface area contributed by atoms with Crippen molar-refractivity contribution in [3.63, 3.8) is 0 Å². The van der Waals surface area contributed by atoms with Crippen LogP contribution in [0, 0.1) is 11.3 Å². The SMILES string of the molecule is CC(C)(C)C(=O)C1CC2C3NCCCC3NC2N1C(C)(C)C. The number of nitrogens with one attached hydrogen (secondary N) is 2. The van der Waals surface area contributed by atoms with Crippen molar-refractivity contribution in [2.75, 3.05) is 6.54 Å². The predicted molar refractivity (Wildman–Crippen MR) is 89.7 cm³/mol. The minimum Gasteiger partial charge on any atom is -0.312 e. The molecule has 0 aromatic carbocycles. The van der Waals surface area contributed by atoms with Crippen molar-refractivity contribution in [1.82, 2.24) is 15.5 Å². The number of hydrogen-bond acceptors (Lipinski definition) is 4. The van der Waals surface area contributed by atoms with E-state index in [9.17, 15) is 4.79 Å². The topological polar surface area (TPSA) is 44.4 Å². The van der Waals surface area contributed by atoms with E-state index in [-0.39, 0.29) is 17.0 Å². The third-order valence-electron chi connectivity index (χ3n) is 5.70. The molecule has 2 N–H and O–H groups in total. The Kier molecular flexibility index (Phi) is 3.94. The third-order valence-corrected chi connectivity index (χ3v) is 5.70. The van der Waals surface area contributed by atoms with Crippen molar-refractivity contribution >= 4 is 5.78 Å². The van der Waals surface area contributed by atoms with E-state index in [1.54, 1.807) is 0 Å². The molecule has 3 fully saturated rings. The van der Waals surface area contributed by atoms with Gasteiger partial charge >= 0.3 is 0 Å². The largest absolute Gasteiger partial charge is 0.312 e. The monoisotopic (exact) mass is 307 g/mol. The van der Waals surface area contributed by atoms with Crippen LogP contribution >= 0.6 is 0 Å². The van der Waals surface area contributed by atoms with Crippen molar-refractivity contribution in [3.8, 4) is 0 Å². The smallest absolute Gasteiger partial charge is 0.155 e. The van der Waals surface area contributed by atoms with E-state index in [1.165, 1.54) is 12.8 Å². The molecule has 0 saturated carbocycles. The summed E-state index contributed by atoms with van der Waals surface area (Å²) in [6.45, 7) is 14.0. The summed E-state index contributed by atoms with van der Waals surface area (Å²) in [6, 6.07) is 1.17. The number of carbonyl (C=O) groups excluding carboxylic acids is 1. The fourth-order valence-corrected chi connectivity index (χ4v) is 4.83. The summed E-state index contributed by atoms with van der Waals surface area (Å²) in [5.41, 5.74) is -0.266. The molecular weight excluding hydrogens is 274 g/mol. The highest BCUT2D eigenvalue weighted by molar-refractivity contribution is 5.89. The number of rotatable bonds is 1. The number of Topliss-reactive ketones (excluding diaryl/α,β-unsaturated/α-hetero) is 1. The molecular formula is C18H33N3O. The Morgan fingerprint density at radius 3 is 2.41 bits per heavy atom. The van der Waals surface area contributed by atoms with Gasteiger partial charge in [-0.15, -0.1) is 0 Å². The zero-order valence-electron chi connectivity index (χ0n) is 15.1. The van der Waals surface area contributed by atoms with Crippen molar-refractivity contribution in [1.29, 1.82) is 0 Å². The number of hydrogen-bond donors (Lipinski definition) is 2. The Morgan fingerprint density at radius 1 is 1.14 bits per heavy atom. The lowest BCUT2D eigenvalue weighted by molar-refractivity contribution is -0.133. The minimum absolute atomic E-state index is 0.00544. The third kappa shape index (κ3) is 2.63. The Balaban J connectivity index is 1.89. The predicted octanol–water partition coefficient (Wildman–Crippen LogP) is 2.14. The van der Waals surface area contributed by atoms with Crippen molar-refractivity contribution in [2.45, 2.75) is 90.6 Å². The second-order valence-electron chi connectivity index (χ2n) is 9.45. The Morgan fingerprint density at radius 2 is 1.82 bits per heavy atom. The van der Waals surface area contributed by atoms with Gasteiger partial charge in [0.05, 0.1) is 12.2 Å². The molecule has 5 atom stereocenters. The molecule has 3 aliphatic heterocycles. The van der Waals surface area contributed by atoms with Gasteiger partial charge in [-0.3, -0.25) is 15.0 Å². The standard InChI is InChI=1S/C18H33N3O/c1-17(2,3)15(22)13-10-11-14-12(8-7-9-19-14)20-16(11)21(13)18(4,5)6/h11-14,16,19-20H,7-10H2,1-6H3. The van der Waals surface area contributed by atoms with Crippen LogP contribution in [0.5, 0.6) is 0 Å². The lowest BCUT2D eigenvalue weighted by Crippen LogP contribution is -2.58. The Hall–Kier alpha value is -0.450. The van der Waals surface area contributed by atoms with Gasteiger partial charge in [0, 0.05) is 29.0 Å².